The smallest absolute Gasteiger partial charge is 0.410 e. The minimum Gasteiger partial charge on any atom is -0.445 e. The van der Waals surface area contributed by atoms with Crippen LogP contribution in [0.2, 0.25) is 0 Å². The van der Waals surface area contributed by atoms with Crippen molar-refractivity contribution in [3.05, 3.63) is 66.0 Å². The largest absolute Gasteiger partial charge is 0.445 e. The second-order valence-electron chi connectivity index (χ2n) is 7.97. The second kappa shape index (κ2) is 10.3. The molecule has 0 saturated carbocycles. The number of carbonyl (C=O) groups excluding carboxylic acids is 3. The van der Waals surface area contributed by atoms with E-state index in [9.17, 15) is 19.5 Å². The molecule has 1 fully saturated rings. The highest BCUT2D eigenvalue weighted by Crippen LogP contribution is 2.24. The molecule has 4 rings (SSSR count). The zero-order chi connectivity index (χ0) is 24.1. The normalized spacial score (nSPS) is 16.1. The van der Waals surface area contributed by atoms with Gasteiger partial charge >= 0.3 is 6.09 Å². The Hall–Kier alpha value is -3.92. The van der Waals surface area contributed by atoms with Gasteiger partial charge in [-0.1, -0.05) is 30.3 Å². The Morgan fingerprint density at radius 2 is 1.94 bits per heavy atom. The number of fused-ring (bicyclic) bond motifs is 1. The number of nitrogens with zero attached hydrogens (tertiary/aromatic N) is 4. The van der Waals surface area contributed by atoms with Crippen LogP contribution in [-0.4, -0.2) is 70.1 Å². The number of rotatable bonds is 7. The number of hydrogen-bond donors (Lipinski definition) is 2. The molecule has 1 aromatic carbocycles. The highest BCUT2D eigenvalue weighted by atomic mass is 16.6. The molecule has 0 radical (unpaired) electrons. The number of nitrogens with one attached hydrogen (secondary N) is 1. The van der Waals surface area contributed by atoms with Crippen LogP contribution in [0.4, 0.5) is 10.6 Å². The predicted molar refractivity (Wildman–Crippen MR) is 124 cm³/mol. The Kier molecular flexibility index (Phi) is 7.07. The highest BCUT2D eigenvalue weighted by Gasteiger charge is 2.39. The molecule has 0 bridgehead atoms. The van der Waals surface area contributed by atoms with E-state index in [0.717, 1.165) is 5.56 Å². The Bertz CT molecular complexity index is 1180. The summed E-state index contributed by atoms with van der Waals surface area (Å²) in [4.78, 5) is 45.6. The lowest BCUT2D eigenvalue weighted by molar-refractivity contribution is -0.125. The van der Waals surface area contributed by atoms with Gasteiger partial charge in [0.05, 0.1) is 11.8 Å². The van der Waals surface area contributed by atoms with Crippen LogP contribution in [0.15, 0.2) is 54.9 Å². The Balaban J connectivity index is 1.52. The molecule has 3 heterocycles. The van der Waals surface area contributed by atoms with Gasteiger partial charge < -0.3 is 19.6 Å². The fourth-order valence-electron chi connectivity index (χ4n) is 3.99. The van der Waals surface area contributed by atoms with E-state index in [0.29, 0.717) is 29.9 Å². The van der Waals surface area contributed by atoms with Gasteiger partial charge in [-0.2, -0.15) is 0 Å². The number of carbonyl (C=O) groups is 3. The zero-order valence-electron chi connectivity index (χ0n) is 18.9. The number of hydrogen-bond acceptors (Lipinski definition) is 6. The topological polar surface area (TPSA) is 116 Å². The van der Waals surface area contributed by atoms with Gasteiger partial charge in [0.2, 0.25) is 0 Å². The van der Waals surface area contributed by atoms with E-state index in [1.54, 1.807) is 36.0 Å². The molecule has 34 heavy (non-hydrogen) atoms. The van der Waals surface area contributed by atoms with Gasteiger partial charge in [0, 0.05) is 32.9 Å². The number of benzene rings is 1. The molecular formula is C24H27N5O5. The molecule has 178 valence electrons. The van der Waals surface area contributed by atoms with E-state index in [1.807, 2.05) is 30.3 Å². The number of imidazole rings is 1. The molecule has 1 saturated heterocycles. The lowest BCUT2D eigenvalue weighted by atomic mass is 10.1. The number of ether oxygens (including phenoxy) is 1. The van der Waals surface area contributed by atoms with Gasteiger partial charge in [0.15, 0.2) is 5.82 Å². The molecule has 10 nitrogen and oxygen atoms in total. The van der Waals surface area contributed by atoms with Crippen molar-refractivity contribution in [2.75, 3.05) is 31.6 Å². The number of anilines is 1. The molecule has 0 aliphatic carbocycles. The van der Waals surface area contributed by atoms with Crippen LogP contribution in [0.5, 0.6) is 0 Å². The number of aliphatic hydroxyl groups is 1. The number of pyridine rings is 1. The van der Waals surface area contributed by atoms with Gasteiger partial charge in [0.25, 0.3) is 11.8 Å². The first kappa shape index (κ1) is 23.2. The highest BCUT2D eigenvalue weighted by molar-refractivity contribution is 5.99. The predicted octanol–water partition coefficient (Wildman–Crippen LogP) is 1.82. The molecule has 10 heteroatoms. The molecule has 0 spiro atoms. The second-order valence-corrected chi connectivity index (χ2v) is 7.97. The van der Waals surface area contributed by atoms with E-state index in [4.69, 9.17) is 4.74 Å². The summed E-state index contributed by atoms with van der Waals surface area (Å²) in [6.45, 7) is 0.544. The monoisotopic (exact) mass is 465 g/mol. The minimum atomic E-state index is -0.768. The summed E-state index contributed by atoms with van der Waals surface area (Å²) in [6.07, 6.45) is 3.44. The lowest BCUT2D eigenvalue weighted by Gasteiger charge is -2.39. The Morgan fingerprint density at radius 3 is 2.68 bits per heavy atom. The van der Waals surface area contributed by atoms with Crippen LogP contribution in [0.3, 0.4) is 0 Å². The number of aromatic nitrogens is 2. The maximum atomic E-state index is 13.4. The van der Waals surface area contributed by atoms with E-state index < -0.39 is 12.1 Å². The number of piperazine rings is 1. The first-order valence-corrected chi connectivity index (χ1v) is 11.1. The summed E-state index contributed by atoms with van der Waals surface area (Å²) in [7, 11) is 1.56. The van der Waals surface area contributed by atoms with Crippen LogP contribution >= 0.6 is 0 Å². The molecular weight excluding hydrogens is 438 g/mol. The standard InChI is InChI=1S/C24H27N5O5/c1-25-22(31)18-9-10-20-26-21(15-27(20)14-18)29-12-11-28(19(23(29)32)8-5-13-30)24(33)34-16-17-6-3-2-4-7-17/h2-4,6-7,9-10,14-15,19,30H,5,8,11-13,16H2,1H3,(H,25,31). The SMILES string of the molecule is CNC(=O)c1ccc2nc(N3CCN(C(=O)OCc4ccccc4)C(CCCO)C3=O)cn2c1. The summed E-state index contributed by atoms with van der Waals surface area (Å²) in [6, 6.07) is 11.9. The van der Waals surface area contributed by atoms with Crippen molar-refractivity contribution in [3.63, 3.8) is 0 Å². The van der Waals surface area contributed by atoms with E-state index >= 15 is 0 Å². The van der Waals surface area contributed by atoms with Gasteiger partial charge in [-0.15, -0.1) is 0 Å². The van der Waals surface area contributed by atoms with Gasteiger partial charge in [-0.3, -0.25) is 19.4 Å². The zero-order valence-corrected chi connectivity index (χ0v) is 18.9. The lowest BCUT2D eigenvalue weighted by Crippen LogP contribution is -2.59. The summed E-state index contributed by atoms with van der Waals surface area (Å²) < 4.78 is 7.15. The average molecular weight is 466 g/mol. The first-order valence-electron chi connectivity index (χ1n) is 11.1. The molecule has 3 aromatic rings. The molecule has 2 aromatic heterocycles. The van der Waals surface area contributed by atoms with Crippen molar-refractivity contribution in [3.8, 4) is 0 Å². The van der Waals surface area contributed by atoms with Crippen molar-refractivity contribution in [1.29, 1.82) is 0 Å². The van der Waals surface area contributed by atoms with E-state index in [1.165, 1.54) is 9.80 Å². The summed E-state index contributed by atoms with van der Waals surface area (Å²) in [5.74, 6) is -0.0726. The van der Waals surface area contributed by atoms with Gasteiger partial charge in [-0.05, 0) is 30.5 Å². The van der Waals surface area contributed by atoms with Gasteiger partial charge in [-0.25, -0.2) is 9.78 Å². The van der Waals surface area contributed by atoms with Crippen LogP contribution < -0.4 is 10.2 Å². The van der Waals surface area contributed by atoms with Gasteiger partial charge in [0.1, 0.15) is 18.3 Å². The number of aliphatic hydroxyl groups excluding tert-OH is 1. The minimum absolute atomic E-state index is 0.0900. The van der Waals surface area contributed by atoms with Crippen molar-refractivity contribution in [2.45, 2.75) is 25.5 Å². The summed E-state index contributed by atoms with van der Waals surface area (Å²) in [5, 5.41) is 11.9. The van der Waals surface area contributed by atoms with Crippen molar-refractivity contribution in [1.82, 2.24) is 19.6 Å². The maximum Gasteiger partial charge on any atom is 0.410 e. The first-order chi connectivity index (χ1) is 16.5. The van der Waals surface area contributed by atoms with E-state index in [-0.39, 0.29) is 38.1 Å². The third kappa shape index (κ3) is 4.86. The molecule has 1 atom stereocenters. The molecule has 1 aliphatic rings. The van der Waals surface area contributed by atoms with Crippen LogP contribution in [0.25, 0.3) is 5.65 Å². The third-order valence-corrected chi connectivity index (χ3v) is 5.77. The van der Waals surface area contributed by atoms with Crippen LogP contribution in [-0.2, 0) is 16.1 Å². The number of amides is 3. The van der Waals surface area contributed by atoms with Crippen molar-refractivity contribution in [2.24, 2.45) is 0 Å². The fourth-order valence-corrected chi connectivity index (χ4v) is 3.99. The Labute approximate surface area is 196 Å². The van der Waals surface area contributed by atoms with E-state index in [2.05, 4.69) is 10.3 Å². The molecule has 1 unspecified atom stereocenters. The van der Waals surface area contributed by atoms with Crippen molar-refractivity contribution < 1.29 is 24.2 Å². The Morgan fingerprint density at radius 1 is 1.15 bits per heavy atom. The van der Waals surface area contributed by atoms with Crippen LogP contribution in [0, 0.1) is 0 Å². The average Bonchev–Trinajstić information content (AvgIpc) is 3.29. The van der Waals surface area contributed by atoms with Crippen molar-refractivity contribution >= 4 is 29.4 Å². The molecule has 1 aliphatic heterocycles. The molecule has 2 N–H and O–H groups in total. The third-order valence-electron chi connectivity index (χ3n) is 5.77. The fraction of sp³-hybridized carbons (Fsp3) is 0.333. The summed E-state index contributed by atoms with van der Waals surface area (Å²) >= 11 is 0. The molecule has 3 amide bonds. The quantitative estimate of drug-likeness (QED) is 0.550. The van der Waals surface area contributed by atoms with Crippen LogP contribution in [0.1, 0.15) is 28.8 Å². The maximum absolute atomic E-state index is 13.4. The summed E-state index contributed by atoms with van der Waals surface area (Å²) in [5.41, 5.74) is 1.91.